The van der Waals surface area contributed by atoms with E-state index in [0.717, 1.165) is 4.47 Å². The largest absolute Gasteiger partial charge is 0.387 e. The minimum Gasteiger partial charge on any atom is -0.387 e. The molecule has 3 aliphatic rings. The summed E-state index contributed by atoms with van der Waals surface area (Å²) in [5, 5.41) is 18.0. The normalized spacial score (nSPS) is 29.5. The van der Waals surface area contributed by atoms with Gasteiger partial charge in [0.1, 0.15) is 5.54 Å². The molecule has 2 aromatic rings. The molecule has 2 fully saturated rings. The van der Waals surface area contributed by atoms with Gasteiger partial charge >= 0.3 is 0 Å². The average Bonchev–Trinajstić information content (AvgIpc) is 3.33. The average molecular weight is 533 g/mol. The zero-order valence-electron chi connectivity index (χ0n) is 18.2. The molecule has 2 saturated heterocycles. The van der Waals surface area contributed by atoms with Gasteiger partial charge in [0.2, 0.25) is 17.7 Å². The summed E-state index contributed by atoms with van der Waals surface area (Å²) in [5.74, 6) is -3.13. The van der Waals surface area contributed by atoms with E-state index in [1.165, 1.54) is 4.90 Å². The van der Waals surface area contributed by atoms with Crippen LogP contribution in [0, 0.1) is 11.8 Å². The summed E-state index contributed by atoms with van der Waals surface area (Å²) in [5.41, 5.74) is -0.556. The Balaban J connectivity index is 1.69. The van der Waals surface area contributed by atoms with Gasteiger partial charge in [-0.25, -0.2) is 0 Å². The summed E-state index contributed by atoms with van der Waals surface area (Å²) < 4.78 is 0.738. The van der Waals surface area contributed by atoms with E-state index in [2.05, 4.69) is 26.6 Å². The molecule has 5 rings (SSSR count). The van der Waals surface area contributed by atoms with E-state index < -0.39 is 52.8 Å². The first-order valence-corrected chi connectivity index (χ1v) is 11.8. The van der Waals surface area contributed by atoms with Crippen LogP contribution in [0.2, 0.25) is 5.02 Å². The van der Waals surface area contributed by atoms with Crippen LogP contribution in [0.1, 0.15) is 38.0 Å². The zero-order valence-corrected chi connectivity index (χ0v) is 20.6. The van der Waals surface area contributed by atoms with Gasteiger partial charge in [0, 0.05) is 26.3 Å². The molecule has 3 N–H and O–H groups in total. The highest BCUT2D eigenvalue weighted by molar-refractivity contribution is 9.10. The molecule has 3 heterocycles. The summed E-state index contributed by atoms with van der Waals surface area (Å²) in [6, 6.07) is 11.1. The molecule has 5 atom stereocenters. The lowest BCUT2D eigenvalue weighted by atomic mass is 9.76. The van der Waals surface area contributed by atoms with Gasteiger partial charge in [0.15, 0.2) is 0 Å². The fourth-order valence-electron chi connectivity index (χ4n) is 5.50. The van der Waals surface area contributed by atoms with E-state index >= 15 is 0 Å². The van der Waals surface area contributed by atoms with Gasteiger partial charge in [0.25, 0.3) is 0 Å². The molecule has 0 unspecified atom stereocenters. The maximum absolute atomic E-state index is 13.8. The fraction of sp³-hybridized carbons (Fsp3) is 0.375. The molecule has 0 radical (unpaired) electrons. The number of hydrogen-bond acceptors (Lipinski definition) is 5. The summed E-state index contributed by atoms with van der Waals surface area (Å²) in [6.07, 6.45) is -1.14. The number of fused-ring (bicyclic) bond motifs is 4. The second-order valence-corrected chi connectivity index (χ2v) is 11.2. The van der Waals surface area contributed by atoms with Crippen LogP contribution < -0.4 is 10.6 Å². The van der Waals surface area contributed by atoms with Crippen molar-refractivity contribution in [1.29, 1.82) is 0 Å². The summed E-state index contributed by atoms with van der Waals surface area (Å²) in [6.45, 7) is 5.36. The Morgan fingerprint density at radius 2 is 1.76 bits per heavy atom. The molecule has 172 valence electrons. The van der Waals surface area contributed by atoms with Gasteiger partial charge < -0.3 is 10.4 Å². The topological polar surface area (TPSA) is 98.7 Å². The van der Waals surface area contributed by atoms with Crippen molar-refractivity contribution in [1.82, 2.24) is 10.2 Å². The van der Waals surface area contributed by atoms with Crippen LogP contribution in [0.3, 0.4) is 0 Å². The van der Waals surface area contributed by atoms with Crippen LogP contribution in [-0.4, -0.2) is 39.3 Å². The van der Waals surface area contributed by atoms with E-state index in [4.69, 9.17) is 11.6 Å². The van der Waals surface area contributed by atoms with Gasteiger partial charge in [0.05, 0.1) is 24.0 Å². The van der Waals surface area contributed by atoms with Gasteiger partial charge in [-0.15, -0.1) is 0 Å². The van der Waals surface area contributed by atoms with Crippen molar-refractivity contribution in [2.75, 3.05) is 5.32 Å². The first kappa shape index (κ1) is 22.5. The quantitative estimate of drug-likeness (QED) is 0.515. The number of hydrogen-bond donors (Lipinski definition) is 3. The van der Waals surface area contributed by atoms with Gasteiger partial charge in [-0.2, -0.15) is 0 Å². The molecular formula is C24H23BrClN3O4. The molecule has 1 spiro atoms. The van der Waals surface area contributed by atoms with E-state index in [9.17, 15) is 19.5 Å². The highest BCUT2D eigenvalue weighted by Gasteiger charge is 2.72. The number of nitrogens with one attached hydrogen (secondary N) is 2. The third kappa shape index (κ3) is 3.11. The smallest absolute Gasteiger partial charge is 0.250 e. The molecule has 33 heavy (non-hydrogen) atoms. The minimum absolute atomic E-state index is 0.392. The van der Waals surface area contributed by atoms with Crippen LogP contribution >= 0.6 is 27.5 Å². The predicted octanol–water partition coefficient (Wildman–Crippen LogP) is 3.36. The van der Waals surface area contributed by atoms with Crippen LogP contribution in [-0.2, 0) is 19.9 Å². The molecule has 3 amide bonds. The molecule has 0 aromatic heterocycles. The van der Waals surface area contributed by atoms with E-state index in [-0.39, 0.29) is 0 Å². The molecule has 0 aliphatic carbocycles. The van der Waals surface area contributed by atoms with Crippen molar-refractivity contribution < 1.29 is 19.5 Å². The summed E-state index contributed by atoms with van der Waals surface area (Å²) in [7, 11) is 0. The number of rotatable bonds is 2. The van der Waals surface area contributed by atoms with Crippen molar-refractivity contribution in [3.63, 3.8) is 0 Å². The number of aliphatic hydroxyl groups excluding tert-OH is 1. The fourth-order valence-corrected chi connectivity index (χ4v) is 5.99. The first-order valence-electron chi connectivity index (χ1n) is 10.7. The summed E-state index contributed by atoms with van der Waals surface area (Å²) >= 11 is 9.46. The van der Waals surface area contributed by atoms with E-state index in [0.29, 0.717) is 21.8 Å². The van der Waals surface area contributed by atoms with Crippen LogP contribution in [0.4, 0.5) is 5.69 Å². The lowest BCUT2D eigenvalue weighted by Crippen LogP contribution is -2.56. The van der Waals surface area contributed by atoms with E-state index in [1.807, 2.05) is 0 Å². The zero-order chi connectivity index (χ0) is 23.9. The lowest BCUT2D eigenvalue weighted by molar-refractivity contribution is -0.148. The molecule has 3 aliphatic heterocycles. The number of amides is 3. The SMILES string of the molecule is CC(C)(C)N1C(=O)[C@H]2[C@H]([C@H](O)c3ccc(Cl)cc3)N[C@@]3(C(=O)Nc4ccc(Br)cc43)[C@H]2C1=O. The number of anilines is 1. The number of benzene rings is 2. The third-order valence-corrected chi connectivity index (χ3v) is 7.58. The Labute approximate surface area is 204 Å². The first-order chi connectivity index (χ1) is 15.5. The Morgan fingerprint density at radius 3 is 2.39 bits per heavy atom. The predicted molar refractivity (Wildman–Crippen MR) is 126 cm³/mol. The summed E-state index contributed by atoms with van der Waals surface area (Å²) in [4.78, 5) is 42.2. The van der Waals surface area contributed by atoms with Crippen molar-refractivity contribution in [2.45, 2.75) is 44.0 Å². The second-order valence-electron chi connectivity index (χ2n) is 9.80. The highest BCUT2D eigenvalue weighted by atomic mass is 79.9. The van der Waals surface area contributed by atoms with Crippen molar-refractivity contribution in [2.24, 2.45) is 11.8 Å². The lowest BCUT2D eigenvalue weighted by Gasteiger charge is -2.35. The second kappa shape index (κ2) is 7.37. The molecule has 2 aromatic carbocycles. The number of halogens is 2. The number of aliphatic hydroxyl groups is 1. The third-order valence-electron chi connectivity index (χ3n) is 6.83. The number of nitrogens with zero attached hydrogens (tertiary/aromatic N) is 1. The number of likely N-dealkylation sites (tertiary alicyclic amines) is 1. The van der Waals surface area contributed by atoms with Crippen LogP contribution in [0.25, 0.3) is 0 Å². The number of imide groups is 1. The molecular weight excluding hydrogens is 510 g/mol. The maximum atomic E-state index is 13.8. The van der Waals surface area contributed by atoms with Crippen molar-refractivity contribution >= 4 is 50.9 Å². The minimum atomic E-state index is -1.48. The van der Waals surface area contributed by atoms with Crippen molar-refractivity contribution in [3.05, 3.63) is 63.1 Å². The van der Waals surface area contributed by atoms with E-state index in [1.54, 1.807) is 63.2 Å². The monoisotopic (exact) mass is 531 g/mol. The standard InChI is InChI=1S/C24H23BrClN3O4/c1-23(2,3)29-20(31)16-17(21(29)32)24(14-10-12(25)6-9-15(14)27-22(24)33)28-18(16)19(30)11-4-7-13(26)8-5-11/h4-10,16-19,28,30H,1-3H3,(H,27,33)/t16-,17-,18-,19-,24-/m1/s1. The molecule has 7 nitrogen and oxygen atoms in total. The Hall–Kier alpha value is -2.26. The highest BCUT2D eigenvalue weighted by Crippen LogP contribution is 2.55. The Kier molecular flexibility index (Phi) is 5.03. The van der Waals surface area contributed by atoms with Gasteiger partial charge in [-0.05, 0) is 56.7 Å². The maximum Gasteiger partial charge on any atom is 0.250 e. The van der Waals surface area contributed by atoms with Gasteiger partial charge in [-0.1, -0.05) is 39.7 Å². The number of carbonyl (C=O) groups is 3. The Morgan fingerprint density at radius 1 is 1.09 bits per heavy atom. The van der Waals surface area contributed by atoms with Crippen LogP contribution in [0.15, 0.2) is 46.9 Å². The van der Waals surface area contributed by atoms with Crippen molar-refractivity contribution in [3.8, 4) is 0 Å². The Bertz CT molecular complexity index is 1200. The molecule has 9 heteroatoms. The number of carbonyl (C=O) groups excluding carboxylic acids is 3. The van der Waals surface area contributed by atoms with Crippen LogP contribution in [0.5, 0.6) is 0 Å². The van der Waals surface area contributed by atoms with Gasteiger partial charge in [-0.3, -0.25) is 24.6 Å². The molecule has 0 bridgehead atoms. The molecule has 0 saturated carbocycles.